The van der Waals surface area contributed by atoms with E-state index in [4.69, 9.17) is 4.74 Å². The summed E-state index contributed by atoms with van der Waals surface area (Å²) in [6, 6.07) is 35.0. The van der Waals surface area contributed by atoms with Crippen molar-refractivity contribution < 1.29 is 9.53 Å². The number of hydrogen-bond donors (Lipinski definition) is 0. The van der Waals surface area contributed by atoms with Gasteiger partial charge in [-0.15, -0.1) is 0 Å². The molecule has 0 saturated heterocycles. The molecule has 5 rings (SSSR count). The topological polar surface area (TPSA) is 26.3 Å². The molecule has 0 N–H and O–H groups in total. The van der Waals surface area contributed by atoms with Gasteiger partial charge in [-0.2, -0.15) is 0 Å². The van der Waals surface area contributed by atoms with Gasteiger partial charge >= 0.3 is 0 Å². The van der Waals surface area contributed by atoms with Crippen molar-refractivity contribution in [3.05, 3.63) is 126 Å². The van der Waals surface area contributed by atoms with E-state index in [1.54, 1.807) is 0 Å². The summed E-state index contributed by atoms with van der Waals surface area (Å²) in [5, 5.41) is 2.52. The molecule has 4 aromatic carbocycles. The molecule has 0 aliphatic carbocycles. The zero-order valence-electron chi connectivity index (χ0n) is 18.7. The molecule has 4 aromatic rings. The summed E-state index contributed by atoms with van der Waals surface area (Å²) >= 11 is 0. The Morgan fingerprint density at radius 3 is 2.27 bits per heavy atom. The molecule has 0 saturated carbocycles. The Kier molecular flexibility index (Phi) is 6.34. The summed E-state index contributed by atoms with van der Waals surface area (Å²) in [6.07, 6.45) is 4.51. The van der Waals surface area contributed by atoms with Crippen LogP contribution in [0.1, 0.15) is 46.7 Å². The number of ketones is 1. The van der Waals surface area contributed by atoms with Crippen LogP contribution in [-0.4, -0.2) is 12.4 Å². The van der Waals surface area contributed by atoms with Crippen LogP contribution in [0.5, 0.6) is 0 Å². The molecule has 0 bridgehead atoms. The summed E-state index contributed by atoms with van der Waals surface area (Å²) in [5.74, 6) is 1.74. The minimum atomic E-state index is 0.207. The first kappa shape index (κ1) is 21.2. The second-order valence-electron chi connectivity index (χ2n) is 8.74. The van der Waals surface area contributed by atoms with Gasteiger partial charge in [-0.05, 0) is 41.2 Å². The Hall–Kier alpha value is -3.65. The van der Waals surface area contributed by atoms with Gasteiger partial charge in [0.15, 0.2) is 5.78 Å². The Balaban J connectivity index is 1.43. The van der Waals surface area contributed by atoms with Gasteiger partial charge in [0.1, 0.15) is 5.76 Å². The number of carbonyl (C=O) groups excluding carboxylic acids is 1. The maximum Gasteiger partial charge on any atom is 0.162 e. The molecule has 1 aliphatic rings. The van der Waals surface area contributed by atoms with E-state index in [0.29, 0.717) is 18.9 Å². The van der Waals surface area contributed by atoms with Crippen molar-refractivity contribution in [3.63, 3.8) is 0 Å². The largest absolute Gasteiger partial charge is 0.493 e. The maximum absolute atomic E-state index is 12.9. The molecule has 1 aliphatic heterocycles. The lowest BCUT2D eigenvalue weighted by Crippen LogP contribution is -2.22. The van der Waals surface area contributed by atoms with Gasteiger partial charge in [-0.25, -0.2) is 0 Å². The predicted octanol–water partition coefficient (Wildman–Crippen LogP) is 7.66. The summed E-state index contributed by atoms with van der Waals surface area (Å²) < 4.78 is 6.26. The molecule has 2 heteroatoms. The van der Waals surface area contributed by atoms with Crippen LogP contribution in [0, 0.1) is 5.92 Å². The number of ether oxygens (including phenoxy) is 1. The van der Waals surface area contributed by atoms with Crippen LogP contribution in [-0.2, 0) is 4.74 Å². The van der Waals surface area contributed by atoms with Crippen LogP contribution in [0.15, 0.2) is 109 Å². The molecule has 0 radical (unpaired) electrons. The maximum atomic E-state index is 12.9. The van der Waals surface area contributed by atoms with Crippen molar-refractivity contribution in [2.75, 3.05) is 6.61 Å². The molecule has 2 atom stereocenters. The lowest BCUT2D eigenvalue weighted by Gasteiger charge is -2.31. The fourth-order valence-electron chi connectivity index (χ4n) is 4.94. The monoisotopic (exact) mass is 432 g/mol. The zero-order chi connectivity index (χ0) is 22.5. The van der Waals surface area contributed by atoms with Crippen molar-refractivity contribution >= 4 is 22.3 Å². The number of fused-ring (bicyclic) bond motifs is 1. The third-order valence-electron chi connectivity index (χ3n) is 6.69. The van der Waals surface area contributed by atoms with Crippen molar-refractivity contribution in [1.82, 2.24) is 0 Å². The first-order chi connectivity index (χ1) is 16.3. The van der Waals surface area contributed by atoms with Crippen molar-refractivity contribution in [3.8, 4) is 0 Å². The van der Waals surface area contributed by atoms with Gasteiger partial charge in [0.05, 0.1) is 6.61 Å². The smallest absolute Gasteiger partial charge is 0.162 e. The van der Waals surface area contributed by atoms with E-state index in [9.17, 15) is 4.79 Å². The average Bonchev–Trinajstić information content (AvgIpc) is 2.90. The van der Waals surface area contributed by atoms with Gasteiger partial charge in [-0.1, -0.05) is 103 Å². The molecular formula is C31H28O2. The fourth-order valence-corrected chi connectivity index (χ4v) is 4.94. The van der Waals surface area contributed by atoms with Crippen LogP contribution in [0.3, 0.4) is 0 Å². The van der Waals surface area contributed by atoms with Crippen LogP contribution >= 0.6 is 0 Å². The summed E-state index contributed by atoms with van der Waals surface area (Å²) in [7, 11) is 0. The molecule has 0 fully saturated rings. The Morgan fingerprint density at radius 2 is 1.52 bits per heavy atom. The first-order valence-corrected chi connectivity index (χ1v) is 11.7. The number of carbonyl (C=O) groups is 1. The Morgan fingerprint density at radius 1 is 0.818 bits per heavy atom. The summed E-state index contributed by atoms with van der Waals surface area (Å²) in [5.41, 5.74) is 3.23. The van der Waals surface area contributed by atoms with E-state index in [-0.39, 0.29) is 11.7 Å². The predicted molar refractivity (Wildman–Crippen MR) is 135 cm³/mol. The van der Waals surface area contributed by atoms with Gasteiger partial charge < -0.3 is 4.74 Å². The number of allylic oxidation sites excluding steroid dienone is 1. The summed E-state index contributed by atoms with van der Waals surface area (Å²) in [6.45, 7) is 0.661. The minimum Gasteiger partial charge on any atom is -0.493 e. The fraction of sp³-hybridized carbons (Fsp3) is 0.194. The van der Waals surface area contributed by atoms with Crippen molar-refractivity contribution in [1.29, 1.82) is 0 Å². The van der Waals surface area contributed by atoms with E-state index in [1.807, 2.05) is 48.5 Å². The zero-order valence-corrected chi connectivity index (χ0v) is 18.7. The van der Waals surface area contributed by atoms with Gasteiger partial charge in [0.25, 0.3) is 0 Å². The lowest BCUT2D eigenvalue weighted by atomic mass is 9.78. The van der Waals surface area contributed by atoms with Gasteiger partial charge in [-0.3, -0.25) is 4.79 Å². The Labute approximate surface area is 195 Å². The van der Waals surface area contributed by atoms with Crippen LogP contribution in [0.4, 0.5) is 0 Å². The SMILES string of the molecule is O=C(CC[C@H](c1cccc2ccccc12)[C@H]1CC=C(c2ccccc2)OC1)c1ccccc1. The van der Waals surface area contributed by atoms with Crippen molar-refractivity contribution in [2.45, 2.75) is 25.2 Å². The van der Waals surface area contributed by atoms with E-state index < -0.39 is 0 Å². The first-order valence-electron chi connectivity index (χ1n) is 11.7. The van der Waals surface area contributed by atoms with Crippen LogP contribution < -0.4 is 0 Å². The third-order valence-corrected chi connectivity index (χ3v) is 6.69. The molecular weight excluding hydrogens is 404 g/mol. The number of hydrogen-bond acceptors (Lipinski definition) is 2. The molecule has 164 valence electrons. The second kappa shape index (κ2) is 9.87. The molecule has 0 unspecified atom stereocenters. The van der Waals surface area contributed by atoms with Crippen LogP contribution in [0.2, 0.25) is 0 Å². The molecule has 2 nitrogen and oxygen atoms in total. The molecule has 1 heterocycles. The number of rotatable bonds is 7. The quantitative estimate of drug-likeness (QED) is 0.280. The molecule has 0 amide bonds. The van der Waals surface area contributed by atoms with Gasteiger partial charge in [0.2, 0.25) is 0 Å². The average molecular weight is 433 g/mol. The summed E-state index contributed by atoms with van der Waals surface area (Å²) in [4.78, 5) is 12.9. The minimum absolute atomic E-state index is 0.207. The highest BCUT2D eigenvalue weighted by atomic mass is 16.5. The van der Waals surface area contributed by atoms with E-state index in [1.165, 1.54) is 16.3 Å². The number of benzene rings is 4. The van der Waals surface area contributed by atoms with Crippen molar-refractivity contribution in [2.24, 2.45) is 5.92 Å². The molecule has 0 aromatic heterocycles. The molecule has 33 heavy (non-hydrogen) atoms. The second-order valence-corrected chi connectivity index (χ2v) is 8.74. The standard InChI is InChI=1S/C31H28O2/c32-30(24-11-3-1-4-12-24)20-19-28(29-17-9-15-23-10-7-8-16-27(23)29)26-18-21-31(33-22-26)25-13-5-2-6-14-25/h1-17,21,26,28H,18-20,22H2/t26-,28-/m0/s1. The van der Waals surface area contributed by atoms with Crippen LogP contribution in [0.25, 0.3) is 16.5 Å². The number of Topliss-reactive ketones (excluding diaryl/α,β-unsaturated/α-hetero) is 1. The lowest BCUT2D eigenvalue weighted by molar-refractivity contribution is 0.0968. The van der Waals surface area contributed by atoms with E-state index in [2.05, 4.69) is 60.7 Å². The van der Waals surface area contributed by atoms with E-state index >= 15 is 0 Å². The van der Waals surface area contributed by atoms with E-state index in [0.717, 1.165) is 29.7 Å². The highest BCUT2D eigenvalue weighted by Crippen LogP contribution is 2.39. The third kappa shape index (κ3) is 4.75. The highest BCUT2D eigenvalue weighted by molar-refractivity contribution is 5.96. The van der Waals surface area contributed by atoms with Gasteiger partial charge in [0, 0.05) is 23.5 Å². The normalized spacial score (nSPS) is 16.6. The molecule has 0 spiro atoms. The Bertz CT molecular complexity index is 1250. The highest BCUT2D eigenvalue weighted by Gasteiger charge is 2.28.